The van der Waals surface area contributed by atoms with Crippen LogP contribution in [0.5, 0.6) is 0 Å². The van der Waals surface area contributed by atoms with Crippen molar-refractivity contribution in [1.29, 1.82) is 0 Å². The number of carbonyl (C=O) groups is 2. The lowest BCUT2D eigenvalue weighted by Gasteiger charge is -2.37. The van der Waals surface area contributed by atoms with Crippen LogP contribution in [0.2, 0.25) is 0 Å². The van der Waals surface area contributed by atoms with Gasteiger partial charge in [0, 0.05) is 50.5 Å². The normalized spacial score (nSPS) is 17.2. The van der Waals surface area contributed by atoms with Crippen LogP contribution in [0.3, 0.4) is 0 Å². The summed E-state index contributed by atoms with van der Waals surface area (Å²) in [7, 11) is 0. The van der Waals surface area contributed by atoms with Gasteiger partial charge in [-0.05, 0) is 36.8 Å². The zero-order chi connectivity index (χ0) is 21.3. The van der Waals surface area contributed by atoms with E-state index < -0.39 is 4.92 Å². The van der Waals surface area contributed by atoms with Crippen molar-refractivity contribution < 1.29 is 14.5 Å². The molecule has 8 nitrogen and oxygen atoms in total. The Balaban J connectivity index is 1.65. The minimum absolute atomic E-state index is 0.0542. The zero-order valence-corrected chi connectivity index (χ0v) is 16.7. The smallest absolute Gasteiger partial charge is 0.277 e. The van der Waals surface area contributed by atoms with Crippen LogP contribution in [0.15, 0.2) is 60.3 Å². The number of likely N-dealkylation sites (N-methyl/N-ethyl adjacent to an activating group) is 1. The molecule has 154 valence electrons. The summed E-state index contributed by atoms with van der Waals surface area (Å²) in [4.78, 5) is 41.9. The third-order valence-corrected chi connectivity index (χ3v) is 5.54. The Hall–Kier alpha value is -3.68. The number of hydrogen-bond donors (Lipinski definition) is 0. The molecule has 0 unspecified atom stereocenters. The first-order valence-corrected chi connectivity index (χ1v) is 9.91. The number of nitro groups is 1. The lowest BCUT2D eigenvalue weighted by atomic mass is 10.0. The molecule has 2 heterocycles. The molecule has 0 saturated carbocycles. The van der Waals surface area contributed by atoms with Gasteiger partial charge < -0.3 is 9.80 Å². The standard InChI is InChI=1S/C22H22N4O4/c1-2-25-21(27)19(16-8-10-18(11-9-16)26(29)30)20(22(25)28)24-14-12-23(13-15-24)17-6-4-3-5-7-17/h3-11H,2,12-15H2,1H3. The maximum absolute atomic E-state index is 13.0. The fraction of sp³-hybridized carbons (Fsp3) is 0.273. The Morgan fingerprint density at radius 3 is 2.03 bits per heavy atom. The first kappa shape index (κ1) is 19.6. The quantitative estimate of drug-likeness (QED) is 0.431. The van der Waals surface area contributed by atoms with Crippen molar-refractivity contribution in [3.05, 3.63) is 76.0 Å². The summed E-state index contributed by atoms with van der Waals surface area (Å²) in [5.41, 5.74) is 2.32. The maximum atomic E-state index is 13.0. The minimum atomic E-state index is -0.484. The number of amides is 2. The molecule has 0 spiro atoms. The van der Waals surface area contributed by atoms with E-state index in [1.165, 1.54) is 29.2 Å². The molecule has 0 aromatic heterocycles. The van der Waals surface area contributed by atoms with Gasteiger partial charge in [0.2, 0.25) is 0 Å². The molecule has 2 aliphatic rings. The summed E-state index contributed by atoms with van der Waals surface area (Å²) in [6.45, 7) is 4.72. The van der Waals surface area contributed by atoms with Crippen molar-refractivity contribution >= 4 is 28.8 Å². The second-order valence-corrected chi connectivity index (χ2v) is 7.19. The molecule has 0 N–H and O–H groups in total. The van der Waals surface area contributed by atoms with E-state index in [1.54, 1.807) is 6.92 Å². The maximum Gasteiger partial charge on any atom is 0.277 e. The average molecular weight is 406 g/mol. The molecule has 2 aromatic rings. The SMILES string of the molecule is CCN1C(=O)C(c2ccc([N+](=O)[O-])cc2)=C(N2CCN(c3ccccc3)CC2)C1=O. The summed E-state index contributed by atoms with van der Waals surface area (Å²) < 4.78 is 0. The number of non-ortho nitro benzene ring substituents is 1. The van der Waals surface area contributed by atoms with E-state index in [2.05, 4.69) is 17.0 Å². The van der Waals surface area contributed by atoms with Gasteiger partial charge in [-0.3, -0.25) is 24.6 Å². The van der Waals surface area contributed by atoms with Crippen LogP contribution in [0.25, 0.3) is 5.57 Å². The number of nitro benzene ring substituents is 1. The zero-order valence-electron chi connectivity index (χ0n) is 16.7. The Morgan fingerprint density at radius 2 is 1.47 bits per heavy atom. The summed E-state index contributed by atoms with van der Waals surface area (Å²) in [5.74, 6) is -0.652. The van der Waals surface area contributed by atoms with Gasteiger partial charge in [0.05, 0.1) is 10.5 Å². The highest BCUT2D eigenvalue weighted by molar-refractivity contribution is 6.35. The summed E-state index contributed by atoms with van der Waals surface area (Å²) in [6, 6.07) is 15.9. The predicted molar refractivity (Wildman–Crippen MR) is 113 cm³/mol. The molecule has 0 aliphatic carbocycles. The van der Waals surface area contributed by atoms with Crippen molar-refractivity contribution in [3.8, 4) is 0 Å². The van der Waals surface area contributed by atoms with Crippen LogP contribution in [0.4, 0.5) is 11.4 Å². The molecular formula is C22H22N4O4. The van der Waals surface area contributed by atoms with E-state index in [0.29, 0.717) is 29.9 Å². The van der Waals surface area contributed by atoms with Gasteiger partial charge >= 0.3 is 0 Å². The molecule has 8 heteroatoms. The monoisotopic (exact) mass is 406 g/mol. The van der Waals surface area contributed by atoms with Crippen LogP contribution in [0, 0.1) is 10.1 Å². The number of rotatable bonds is 5. The average Bonchev–Trinajstić information content (AvgIpc) is 3.04. The van der Waals surface area contributed by atoms with Gasteiger partial charge in [-0.25, -0.2) is 0 Å². The summed E-state index contributed by atoms with van der Waals surface area (Å²) in [5, 5.41) is 11.0. The Kier molecular flexibility index (Phi) is 5.22. The molecule has 0 atom stereocenters. The molecule has 2 aliphatic heterocycles. The topological polar surface area (TPSA) is 87.0 Å². The third kappa shape index (κ3) is 3.41. The number of benzene rings is 2. The highest BCUT2D eigenvalue weighted by Gasteiger charge is 2.41. The van der Waals surface area contributed by atoms with Gasteiger partial charge in [0.1, 0.15) is 5.70 Å². The number of hydrogen-bond acceptors (Lipinski definition) is 6. The van der Waals surface area contributed by atoms with Gasteiger partial charge in [-0.1, -0.05) is 18.2 Å². The van der Waals surface area contributed by atoms with Crippen molar-refractivity contribution in [2.24, 2.45) is 0 Å². The number of para-hydroxylation sites is 1. The first-order chi connectivity index (χ1) is 14.5. The summed E-state index contributed by atoms with van der Waals surface area (Å²) in [6.07, 6.45) is 0. The van der Waals surface area contributed by atoms with Crippen molar-refractivity contribution in [2.45, 2.75) is 6.92 Å². The largest absolute Gasteiger partial charge is 0.368 e. The van der Waals surface area contributed by atoms with E-state index in [-0.39, 0.29) is 24.0 Å². The van der Waals surface area contributed by atoms with E-state index in [4.69, 9.17) is 0 Å². The Labute approximate surface area is 174 Å². The fourth-order valence-corrected chi connectivity index (χ4v) is 3.98. The van der Waals surface area contributed by atoms with Crippen LogP contribution >= 0.6 is 0 Å². The van der Waals surface area contributed by atoms with Crippen LogP contribution < -0.4 is 4.90 Å². The lowest BCUT2D eigenvalue weighted by Crippen LogP contribution is -2.47. The minimum Gasteiger partial charge on any atom is -0.368 e. The third-order valence-electron chi connectivity index (χ3n) is 5.54. The second-order valence-electron chi connectivity index (χ2n) is 7.19. The molecule has 0 bridgehead atoms. The van der Waals surface area contributed by atoms with Crippen molar-refractivity contribution in [2.75, 3.05) is 37.6 Å². The van der Waals surface area contributed by atoms with E-state index in [9.17, 15) is 19.7 Å². The predicted octanol–water partition coefficient (Wildman–Crippen LogP) is 2.52. The molecule has 2 amide bonds. The van der Waals surface area contributed by atoms with Crippen molar-refractivity contribution in [1.82, 2.24) is 9.80 Å². The van der Waals surface area contributed by atoms with Gasteiger partial charge in [-0.15, -0.1) is 0 Å². The molecule has 2 aromatic carbocycles. The summed E-state index contributed by atoms with van der Waals surface area (Å²) >= 11 is 0. The second kappa shape index (κ2) is 7.98. The highest BCUT2D eigenvalue weighted by atomic mass is 16.6. The first-order valence-electron chi connectivity index (χ1n) is 9.91. The Bertz CT molecular complexity index is 1010. The van der Waals surface area contributed by atoms with E-state index in [1.807, 2.05) is 23.1 Å². The number of imide groups is 1. The lowest BCUT2D eigenvalue weighted by molar-refractivity contribution is -0.384. The van der Waals surface area contributed by atoms with E-state index >= 15 is 0 Å². The van der Waals surface area contributed by atoms with Gasteiger partial charge in [0.25, 0.3) is 17.5 Å². The highest BCUT2D eigenvalue weighted by Crippen LogP contribution is 2.33. The molecule has 30 heavy (non-hydrogen) atoms. The number of anilines is 1. The Morgan fingerprint density at radius 1 is 0.867 bits per heavy atom. The number of piperazine rings is 1. The molecule has 1 saturated heterocycles. The van der Waals surface area contributed by atoms with Gasteiger partial charge in [0.15, 0.2) is 0 Å². The molecule has 1 fully saturated rings. The number of nitrogens with zero attached hydrogens (tertiary/aromatic N) is 4. The molecular weight excluding hydrogens is 384 g/mol. The van der Waals surface area contributed by atoms with Crippen LogP contribution in [-0.4, -0.2) is 59.3 Å². The van der Waals surface area contributed by atoms with Gasteiger partial charge in [-0.2, -0.15) is 0 Å². The molecule has 0 radical (unpaired) electrons. The van der Waals surface area contributed by atoms with Crippen LogP contribution in [-0.2, 0) is 9.59 Å². The van der Waals surface area contributed by atoms with Crippen molar-refractivity contribution in [3.63, 3.8) is 0 Å². The van der Waals surface area contributed by atoms with E-state index in [0.717, 1.165) is 18.8 Å². The molecule has 4 rings (SSSR count). The fourth-order valence-electron chi connectivity index (χ4n) is 3.98. The van der Waals surface area contributed by atoms with Crippen LogP contribution in [0.1, 0.15) is 12.5 Å². The number of carbonyl (C=O) groups excluding carboxylic acids is 2.